The highest BCUT2D eigenvalue weighted by molar-refractivity contribution is 6.30. The molecular formula is C19H16ClFN4O4. The maximum atomic E-state index is 13.0. The third-order valence-corrected chi connectivity index (χ3v) is 4.11. The summed E-state index contributed by atoms with van der Waals surface area (Å²) < 4.78 is 18.0. The van der Waals surface area contributed by atoms with Gasteiger partial charge in [0, 0.05) is 17.1 Å². The van der Waals surface area contributed by atoms with Crippen molar-refractivity contribution in [2.24, 2.45) is 0 Å². The summed E-state index contributed by atoms with van der Waals surface area (Å²) in [5.74, 6) is -1.48. The lowest BCUT2D eigenvalue weighted by molar-refractivity contribution is -0.136. The topological polar surface area (TPSA) is 117 Å². The van der Waals surface area contributed by atoms with E-state index in [0.29, 0.717) is 17.1 Å². The second kappa shape index (κ2) is 9.16. The monoisotopic (exact) mass is 418 g/mol. The van der Waals surface area contributed by atoms with E-state index in [2.05, 4.69) is 20.8 Å². The standard InChI is InChI=1S/C19H16ClFN4O4/c20-12-3-1-11(2-4-12)9-15(18-24-16(29-25-18)10-17(26)27)23-19(28)22-14-7-5-13(21)6-8-14/h1-8,15H,9-10H2,(H,26,27)(H2,22,23,28). The first-order valence-corrected chi connectivity index (χ1v) is 8.88. The summed E-state index contributed by atoms with van der Waals surface area (Å²) in [6.45, 7) is 0. The minimum Gasteiger partial charge on any atom is -0.481 e. The Bertz CT molecular complexity index is 992. The normalized spacial score (nSPS) is 11.7. The Morgan fingerprint density at radius 2 is 1.83 bits per heavy atom. The predicted octanol–water partition coefficient (Wildman–Crippen LogP) is 3.59. The van der Waals surface area contributed by atoms with E-state index in [4.69, 9.17) is 21.2 Å². The maximum absolute atomic E-state index is 13.0. The van der Waals surface area contributed by atoms with Crippen LogP contribution in [0.1, 0.15) is 23.3 Å². The zero-order chi connectivity index (χ0) is 20.8. The first-order chi connectivity index (χ1) is 13.9. The van der Waals surface area contributed by atoms with Crippen LogP contribution in [0.4, 0.5) is 14.9 Å². The summed E-state index contributed by atoms with van der Waals surface area (Å²) in [5.41, 5.74) is 1.24. The molecule has 3 rings (SSSR count). The minimum atomic E-state index is -1.11. The zero-order valence-electron chi connectivity index (χ0n) is 14.9. The number of hydrogen-bond donors (Lipinski definition) is 3. The van der Waals surface area contributed by atoms with Crippen LogP contribution in [0.5, 0.6) is 0 Å². The molecule has 1 unspecified atom stereocenters. The van der Waals surface area contributed by atoms with E-state index in [1.54, 1.807) is 24.3 Å². The van der Waals surface area contributed by atoms with E-state index in [1.807, 2.05) is 0 Å². The molecule has 2 amide bonds. The number of anilines is 1. The summed E-state index contributed by atoms with van der Waals surface area (Å²) in [4.78, 5) is 27.3. The van der Waals surface area contributed by atoms with Crippen molar-refractivity contribution in [3.8, 4) is 0 Å². The minimum absolute atomic E-state index is 0.0747. The fourth-order valence-electron chi connectivity index (χ4n) is 2.53. The first-order valence-electron chi connectivity index (χ1n) is 8.51. The molecule has 3 aromatic rings. The number of carboxylic acids is 1. The smallest absolute Gasteiger partial charge is 0.319 e. The molecule has 0 aliphatic rings. The van der Waals surface area contributed by atoms with Gasteiger partial charge in [0.15, 0.2) is 5.82 Å². The number of benzene rings is 2. The number of hydrogen-bond acceptors (Lipinski definition) is 5. The van der Waals surface area contributed by atoms with Crippen molar-refractivity contribution in [2.75, 3.05) is 5.32 Å². The molecule has 1 heterocycles. The third kappa shape index (κ3) is 6.01. The third-order valence-electron chi connectivity index (χ3n) is 3.86. The number of amides is 2. The van der Waals surface area contributed by atoms with Gasteiger partial charge in [-0.1, -0.05) is 28.9 Å². The molecule has 1 aromatic heterocycles. The Labute approximate surface area is 169 Å². The zero-order valence-corrected chi connectivity index (χ0v) is 15.7. The van der Waals surface area contributed by atoms with Crippen LogP contribution in [0, 0.1) is 5.82 Å². The summed E-state index contributed by atoms with van der Waals surface area (Å²) in [5, 5.41) is 18.5. The lowest BCUT2D eigenvalue weighted by atomic mass is 10.1. The van der Waals surface area contributed by atoms with Crippen molar-refractivity contribution >= 4 is 29.3 Å². The average molecular weight is 419 g/mol. The van der Waals surface area contributed by atoms with E-state index in [1.165, 1.54) is 24.3 Å². The molecule has 0 saturated carbocycles. The Kier molecular flexibility index (Phi) is 6.40. The van der Waals surface area contributed by atoms with Gasteiger partial charge in [0.1, 0.15) is 12.2 Å². The number of aliphatic carboxylic acids is 1. The number of carbonyl (C=O) groups excluding carboxylic acids is 1. The lowest BCUT2D eigenvalue weighted by Gasteiger charge is -2.16. The van der Waals surface area contributed by atoms with E-state index in [0.717, 1.165) is 5.56 Å². The number of aromatic nitrogens is 2. The van der Waals surface area contributed by atoms with Crippen molar-refractivity contribution in [1.29, 1.82) is 0 Å². The highest BCUT2D eigenvalue weighted by Gasteiger charge is 2.22. The Morgan fingerprint density at radius 3 is 2.48 bits per heavy atom. The number of nitrogens with one attached hydrogen (secondary N) is 2. The van der Waals surface area contributed by atoms with Crippen LogP contribution in [-0.2, 0) is 17.6 Å². The van der Waals surface area contributed by atoms with Crippen LogP contribution in [0.2, 0.25) is 5.02 Å². The van der Waals surface area contributed by atoms with Gasteiger partial charge >= 0.3 is 12.0 Å². The van der Waals surface area contributed by atoms with Crippen molar-refractivity contribution in [2.45, 2.75) is 18.9 Å². The number of carboxylic acid groups (broad SMARTS) is 1. The van der Waals surface area contributed by atoms with Gasteiger partial charge in [-0.2, -0.15) is 4.98 Å². The second-order valence-electron chi connectivity index (χ2n) is 6.11. The van der Waals surface area contributed by atoms with Gasteiger partial charge in [-0.05, 0) is 42.0 Å². The molecular weight excluding hydrogens is 403 g/mol. The van der Waals surface area contributed by atoms with Crippen LogP contribution in [0.25, 0.3) is 0 Å². The molecule has 8 nitrogen and oxygen atoms in total. The van der Waals surface area contributed by atoms with Crippen LogP contribution in [-0.4, -0.2) is 27.2 Å². The van der Waals surface area contributed by atoms with E-state index < -0.39 is 30.3 Å². The van der Waals surface area contributed by atoms with Crippen LogP contribution in [0.3, 0.4) is 0 Å². The Hall–Kier alpha value is -3.46. The molecule has 0 bridgehead atoms. The highest BCUT2D eigenvalue weighted by Crippen LogP contribution is 2.19. The number of urea groups is 1. The summed E-state index contributed by atoms with van der Waals surface area (Å²) in [6, 6.07) is 11.0. The van der Waals surface area contributed by atoms with Gasteiger partial charge in [-0.15, -0.1) is 0 Å². The van der Waals surface area contributed by atoms with Gasteiger partial charge in [-0.25, -0.2) is 9.18 Å². The predicted molar refractivity (Wildman–Crippen MR) is 102 cm³/mol. The molecule has 0 radical (unpaired) electrons. The SMILES string of the molecule is O=C(O)Cc1nc(C(Cc2ccc(Cl)cc2)NC(=O)Nc2ccc(F)cc2)no1. The molecule has 1 atom stereocenters. The molecule has 3 N–H and O–H groups in total. The van der Waals surface area contributed by atoms with Crippen molar-refractivity contribution in [3.05, 3.63) is 76.6 Å². The van der Waals surface area contributed by atoms with Crippen LogP contribution >= 0.6 is 11.6 Å². The number of halogens is 2. The Morgan fingerprint density at radius 1 is 1.14 bits per heavy atom. The molecule has 150 valence electrons. The van der Waals surface area contributed by atoms with Gasteiger partial charge in [0.25, 0.3) is 0 Å². The second-order valence-corrected chi connectivity index (χ2v) is 6.54. The van der Waals surface area contributed by atoms with Crippen LogP contribution < -0.4 is 10.6 Å². The van der Waals surface area contributed by atoms with Gasteiger partial charge in [0.2, 0.25) is 5.89 Å². The molecule has 0 fully saturated rings. The number of carbonyl (C=O) groups is 2. The summed E-state index contributed by atoms with van der Waals surface area (Å²) >= 11 is 5.90. The van der Waals surface area contributed by atoms with E-state index in [9.17, 15) is 14.0 Å². The molecule has 10 heteroatoms. The van der Waals surface area contributed by atoms with E-state index >= 15 is 0 Å². The highest BCUT2D eigenvalue weighted by atomic mass is 35.5. The van der Waals surface area contributed by atoms with Gasteiger partial charge < -0.3 is 20.3 Å². The average Bonchev–Trinajstić information content (AvgIpc) is 3.12. The quantitative estimate of drug-likeness (QED) is 0.539. The molecule has 29 heavy (non-hydrogen) atoms. The molecule has 0 saturated heterocycles. The number of nitrogens with zero attached hydrogens (tertiary/aromatic N) is 2. The van der Waals surface area contributed by atoms with Gasteiger partial charge in [0.05, 0.1) is 6.04 Å². The fraction of sp³-hybridized carbons (Fsp3) is 0.158. The summed E-state index contributed by atoms with van der Waals surface area (Å²) in [6.07, 6.45) is -0.123. The van der Waals surface area contributed by atoms with Crippen molar-refractivity contribution < 1.29 is 23.6 Å². The van der Waals surface area contributed by atoms with Crippen LogP contribution in [0.15, 0.2) is 53.1 Å². The molecule has 0 aliphatic heterocycles. The molecule has 2 aromatic carbocycles. The maximum Gasteiger partial charge on any atom is 0.319 e. The summed E-state index contributed by atoms with van der Waals surface area (Å²) in [7, 11) is 0. The van der Waals surface area contributed by atoms with Crippen molar-refractivity contribution in [1.82, 2.24) is 15.5 Å². The van der Waals surface area contributed by atoms with Gasteiger partial charge in [-0.3, -0.25) is 4.79 Å². The fourth-order valence-corrected chi connectivity index (χ4v) is 2.66. The number of rotatable bonds is 7. The van der Waals surface area contributed by atoms with Crippen molar-refractivity contribution in [3.63, 3.8) is 0 Å². The first kappa shape index (κ1) is 20.3. The molecule has 0 spiro atoms. The van der Waals surface area contributed by atoms with E-state index in [-0.39, 0.29) is 11.7 Å². The largest absolute Gasteiger partial charge is 0.481 e. The molecule has 0 aliphatic carbocycles. The lowest BCUT2D eigenvalue weighted by Crippen LogP contribution is -2.34. The Balaban J connectivity index is 1.76.